The Morgan fingerprint density at radius 2 is 2.08 bits per heavy atom. The Hall–Kier alpha value is -1.55. The van der Waals surface area contributed by atoms with Crippen LogP contribution in [0.25, 0.3) is 0 Å². The molecule has 0 heterocycles. The zero-order valence-electron chi connectivity index (χ0n) is 7.40. The van der Waals surface area contributed by atoms with Crippen LogP contribution < -0.4 is 5.73 Å². The van der Waals surface area contributed by atoms with E-state index in [0.717, 1.165) is 5.56 Å². The Kier molecular flexibility index (Phi) is 3.28. The van der Waals surface area contributed by atoms with Crippen LogP contribution in [0.5, 0.6) is 0 Å². The number of methoxy groups -OCH3 is 1. The molecule has 4 heteroatoms. The lowest BCUT2D eigenvalue weighted by atomic mass is 10.1. The fourth-order valence-corrected chi connectivity index (χ4v) is 0.996. The maximum absolute atomic E-state index is 8.40. The summed E-state index contributed by atoms with van der Waals surface area (Å²) in [6.45, 7) is 0.566. The lowest BCUT2D eigenvalue weighted by Gasteiger charge is -2.01. The van der Waals surface area contributed by atoms with Crippen LogP contribution in [-0.4, -0.2) is 18.2 Å². The van der Waals surface area contributed by atoms with E-state index < -0.39 is 0 Å². The van der Waals surface area contributed by atoms with Crippen molar-refractivity contribution in [3.63, 3.8) is 0 Å². The van der Waals surface area contributed by atoms with Gasteiger partial charge in [0.25, 0.3) is 0 Å². The number of hydrogen-bond donors (Lipinski definition) is 2. The predicted octanol–water partition coefficient (Wildman–Crippen LogP) is 0.927. The summed E-state index contributed by atoms with van der Waals surface area (Å²) >= 11 is 0. The molecule has 0 bridgehead atoms. The van der Waals surface area contributed by atoms with Gasteiger partial charge in [-0.2, -0.15) is 0 Å². The molecular weight excluding hydrogens is 168 g/mol. The molecular formula is C9H12N2O2. The molecule has 0 saturated heterocycles. The van der Waals surface area contributed by atoms with Crippen LogP contribution in [-0.2, 0) is 11.3 Å². The van der Waals surface area contributed by atoms with E-state index >= 15 is 0 Å². The van der Waals surface area contributed by atoms with E-state index in [4.69, 9.17) is 15.7 Å². The number of rotatable bonds is 3. The van der Waals surface area contributed by atoms with Gasteiger partial charge < -0.3 is 15.7 Å². The van der Waals surface area contributed by atoms with E-state index in [9.17, 15) is 0 Å². The molecule has 0 spiro atoms. The normalized spacial score (nSPS) is 11.6. The molecule has 0 unspecified atom stereocenters. The summed E-state index contributed by atoms with van der Waals surface area (Å²) in [5, 5.41) is 11.3. The highest BCUT2D eigenvalue weighted by molar-refractivity contribution is 5.96. The minimum atomic E-state index is 0.115. The number of nitrogens with zero attached hydrogens (tertiary/aromatic N) is 1. The fraction of sp³-hybridized carbons (Fsp3) is 0.222. The first-order valence-electron chi connectivity index (χ1n) is 3.83. The third kappa shape index (κ3) is 2.45. The van der Waals surface area contributed by atoms with Crippen LogP contribution in [0.3, 0.4) is 0 Å². The number of ether oxygens (including phenoxy) is 1. The number of amidine groups is 1. The Bertz CT molecular complexity index is 293. The zero-order chi connectivity index (χ0) is 9.68. The minimum absolute atomic E-state index is 0.115. The number of benzene rings is 1. The van der Waals surface area contributed by atoms with Gasteiger partial charge in [0.2, 0.25) is 0 Å². The van der Waals surface area contributed by atoms with Crippen LogP contribution in [0.2, 0.25) is 0 Å². The first-order valence-corrected chi connectivity index (χ1v) is 3.83. The molecule has 1 aromatic carbocycles. The predicted molar refractivity (Wildman–Crippen MR) is 49.7 cm³/mol. The van der Waals surface area contributed by atoms with E-state index in [1.807, 2.05) is 12.1 Å². The summed E-state index contributed by atoms with van der Waals surface area (Å²) in [5.41, 5.74) is 7.14. The second-order valence-corrected chi connectivity index (χ2v) is 2.62. The van der Waals surface area contributed by atoms with Gasteiger partial charge in [-0.3, -0.25) is 0 Å². The van der Waals surface area contributed by atoms with E-state index in [-0.39, 0.29) is 5.84 Å². The third-order valence-corrected chi connectivity index (χ3v) is 1.67. The van der Waals surface area contributed by atoms with Crippen molar-refractivity contribution in [2.45, 2.75) is 6.61 Å². The molecule has 0 aliphatic heterocycles. The SMILES string of the molecule is COCc1ccc(/C(N)=N/O)cc1. The summed E-state index contributed by atoms with van der Waals surface area (Å²) in [7, 11) is 1.64. The van der Waals surface area contributed by atoms with Crippen molar-refractivity contribution < 1.29 is 9.94 Å². The van der Waals surface area contributed by atoms with Gasteiger partial charge in [-0.05, 0) is 5.56 Å². The van der Waals surface area contributed by atoms with Crippen molar-refractivity contribution in [1.29, 1.82) is 0 Å². The standard InChI is InChI=1S/C9H12N2O2/c1-13-6-7-2-4-8(5-3-7)9(10)11-12/h2-5,12H,6H2,1H3,(H2,10,11). The first-order chi connectivity index (χ1) is 6.27. The van der Waals surface area contributed by atoms with Crippen molar-refractivity contribution >= 4 is 5.84 Å². The molecule has 3 N–H and O–H groups in total. The molecule has 0 saturated carbocycles. The summed E-state index contributed by atoms with van der Waals surface area (Å²) in [6.07, 6.45) is 0. The fourth-order valence-electron chi connectivity index (χ4n) is 0.996. The van der Waals surface area contributed by atoms with Crippen molar-refractivity contribution in [1.82, 2.24) is 0 Å². The van der Waals surface area contributed by atoms with Gasteiger partial charge in [0, 0.05) is 12.7 Å². The molecule has 13 heavy (non-hydrogen) atoms. The molecule has 0 fully saturated rings. The van der Waals surface area contributed by atoms with Gasteiger partial charge in [0.15, 0.2) is 5.84 Å². The molecule has 0 aliphatic rings. The van der Waals surface area contributed by atoms with Gasteiger partial charge >= 0.3 is 0 Å². The average molecular weight is 180 g/mol. The second kappa shape index (κ2) is 4.47. The molecule has 0 aromatic heterocycles. The topological polar surface area (TPSA) is 67.8 Å². The molecule has 0 radical (unpaired) electrons. The molecule has 1 rings (SSSR count). The molecule has 0 amide bonds. The lowest BCUT2D eigenvalue weighted by Crippen LogP contribution is -2.12. The van der Waals surface area contributed by atoms with Crippen molar-refractivity contribution in [2.75, 3.05) is 7.11 Å². The Morgan fingerprint density at radius 1 is 1.46 bits per heavy atom. The summed E-state index contributed by atoms with van der Waals surface area (Å²) in [4.78, 5) is 0. The first kappa shape index (κ1) is 9.54. The Morgan fingerprint density at radius 3 is 2.54 bits per heavy atom. The summed E-state index contributed by atoms with van der Waals surface area (Å²) < 4.78 is 4.94. The van der Waals surface area contributed by atoms with Crippen molar-refractivity contribution in [3.8, 4) is 0 Å². The van der Waals surface area contributed by atoms with Crippen LogP contribution in [0.1, 0.15) is 11.1 Å². The Balaban J connectivity index is 2.81. The van der Waals surface area contributed by atoms with Gasteiger partial charge in [-0.25, -0.2) is 0 Å². The molecule has 4 nitrogen and oxygen atoms in total. The van der Waals surface area contributed by atoms with E-state index in [0.29, 0.717) is 12.2 Å². The largest absolute Gasteiger partial charge is 0.409 e. The van der Waals surface area contributed by atoms with Gasteiger partial charge in [-0.1, -0.05) is 29.4 Å². The van der Waals surface area contributed by atoms with E-state index in [2.05, 4.69) is 5.16 Å². The van der Waals surface area contributed by atoms with Crippen LogP contribution >= 0.6 is 0 Å². The molecule has 0 atom stereocenters. The van der Waals surface area contributed by atoms with Crippen molar-refractivity contribution in [3.05, 3.63) is 35.4 Å². The number of hydrogen-bond acceptors (Lipinski definition) is 3. The lowest BCUT2D eigenvalue weighted by molar-refractivity contribution is 0.185. The highest BCUT2D eigenvalue weighted by Crippen LogP contribution is 2.04. The smallest absolute Gasteiger partial charge is 0.170 e. The van der Waals surface area contributed by atoms with Gasteiger partial charge in [0.05, 0.1) is 6.61 Å². The maximum Gasteiger partial charge on any atom is 0.170 e. The third-order valence-electron chi connectivity index (χ3n) is 1.67. The summed E-state index contributed by atoms with van der Waals surface area (Å²) in [6, 6.07) is 7.31. The van der Waals surface area contributed by atoms with E-state index in [1.54, 1.807) is 19.2 Å². The highest BCUT2D eigenvalue weighted by Gasteiger charge is 1.98. The van der Waals surface area contributed by atoms with Crippen LogP contribution in [0, 0.1) is 0 Å². The van der Waals surface area contributed by atoms with Crippen molar-refractivity contribution in [2.24, 2.45) is 10.9 Å². The monoisotopic (exact) mass is 180 g/mol. The van der Waals surface area contributed by atoms with Crippen LogP contribution in [0.15, 0.2) is 29.4 Å². The second-order valence-electron chi connectivity index (χ2n) is 2.62. The zero-order valence-corrected chi connectivity index (χ0v) is 7.40. The highest BCUT2D eigenvalue weighted by atomic mass is 16.5. The molecule has 0 aliphatic carbocycles. The van der Waals surface area contributed by atoms with E-state index in [1.165, 1.54) is 0 Å². The number of oxime groups is 1. The van der Waals surface area contributed by atoms with Gasteiger partial charge in [0.1, 0.15) is 0 Å². The average Bonchev–Trinajstić information content (AvgIpc) is 2.18. The Labute approximate surface area is 76.6 Å². The quantitative estimate of drug-likeness (QED) is 0.314. The summed E-state index contributed by atoms with van der Waals surface area (Å²) in [5.74, 6) is 0.115. The van der Waals surface area contributed by atoms with Gasteiger partial charge in [-0.15, -0.1) is 0 Å². The molecule has 1 aromatic rings. The molecule has 70 valence electrons. The minimum Gasteiger partial charge on any atom is -0.409 e. The maximum atomic E-state index is 8.40. The van der Waals surface area contributed by atoms with Crippen LogP contribution in [0.4, 0.5) is 0 Å². The number of nitrogens with two attached hydrogens (primary N) is 1.